The third kappa shape index (κ3) is 1.85. The number of nitrogen functional groups attached to an aromatic ring is 1. The Hall–Kier alpha value is -2.74. The van der Waals surface area contributed by atoms with E-state index in [1.54, 1.807) is 0 Å². The summed E-state index contributed by atoms with van der Waals surface area (Å²) in [6.07, 6.45) is 4.18. The quantitative estimate of drug-likeness (QED) is 0.437. The predicted molar refractivity (Wildman–Crippen MR) is 107 cm³/mol. The van der Waals surface area contributed by atoms with Gasteiger partial charge in [0.25, 0.3) is 0 Å². The predicted octanol–water partition coefficient (Wildman–Crippen LogP) is 5.26. The molecule has 0 atom stereocenters. The van der Waals surface area contributed by atoms with Crippen molar-refractivity contribution >= 4 is 32.8 Å². The van der Waals surface area contributed by atoms with Gasteiger partial charge in [-0.05, 0) is 70.2 Å². The minimum absolute atomic E-state index is 0.0258. The molecule has 3 aromatic rings. The summed E-state index contributed by atoms with van der Waals surface area (Å²) in [6.45, 7) is 4.60. The van der Waals surface area contributed by atoms with Crippen molar-refractivity contribution in [3.63, 3.8) is 0 Å². The molecule has 0 unspecified atom stereocenters. The minimum atomic E-state index is -0.0258. The van der Waals surface area contributed by atoms with Crippen LogP contribution in [0.25, 0.3) is 27.1 Å². The second kappa shape index (κ2) is 4.66. The first-order valence-corrected chi connectivity index (χ1v) is 8.92. The summed E-state index contributed by atoms with van der Waals surface area (Å²) in [5, 5.41) is 4.71. The van der Waals surface area contributed by atoms with Crippen molar-refractivity contribution in [3.8, 4) is 0 Å². The maximum absolute atomic E-state index is 6.56. The summed E-state index contributed by atoms with van der Waals surface area (Å²) in [6, 6.07) is 15.3. The molecule has 0 saturated heterocycles. The van der Waals surface area contributed by atoms with E-state index in [4.69, 9.17) is 11.5 Å². The fourth-order valence-electron chi connectivity index (χ4n) is 4.65. The molecule has 0 bridgehead atoms. The number of hydrogen-bond donors (Lipinski definition) is 2. The lowest BCUT2D eigenvalue weighted by Crippen LogP contribution is -2.18. The molecule has 2 aliphatic carbocycles. The van der Waals surface area contributed by atoms with Crippen LogP contribution in [0.2, 0.25) is 0 Å². The molecule has 2 nitrogen and oxygen atoms in total. The number of fused-ring (bicyclic) bond motifs is 4. The molecule has 25 heavy (non-hydrogen) atoms. The van der Waals surface area contributed by atoms with Crippen molar-refractivity contribution in [3.05, 3.63) is 70.9 Å². The van der Waals surface area contributed by atoms with Crippen LogP contribution in [0.3, 0.4) is 0 Å². The van der Waals surface area contributed by atoms with Gasteiger partial charge in [-0.2, -0.15) is 0 Å². The van der Waals surface area contributed by atoms with E-state index in [0.717, 1.165) is 35.0 Å². The molecule has 5 rings (SSSR count). The smallest absolute Gasteiger partial charge is 0.0473 e. The lowest BCUT2D eigenvalue weighted by molar-refractivity contribution is 0.650. The van der Waals surface area contributed by atoms with E-state index in [0.29, 0.717) is 0 Å². The van der Waals surface area contributed by atoms with Crippen LogP contribution < -0.4 is 11.5 Å². The zero-order chi connectivity index (χ0) is 17.3. The van der Waals surface area contributed by atoms with Crippen LogP contribution in [0.1, 0.15) is 37.8 Å². The SMILES string of the molecule is CC1(C)C2=C(CCC(N)=C2)c2cc3cc4ccccc4c(N)c3cc21. The lowest BCUT2D eigenvalue weighted by Gasteiger charge is -2.25. The number of nitrogens with two attached hydrogens (primary N) is 2. The van der Waals surface area contributed by atoms with E-state index in [-0.39, 0.29) is 5.41 Å². The molecule has 2 aliphatic rings. The Kier molecular flexibility index (Phi) is 2.72. The van der Waals surface area contributed by atoms with Crippen molar-refractivity contribution < 1.29 is 0 Å². The molecule has 0 heterocycles. The number of anilines is 1. The van der Waals surface area contributed by atoms with Gasteiger partial charge < -0.3 is 11.5 Å². The number of allylic oxidation sites excluding steroid dienone is 4. The fourth-order valence-corrected chi connectivity index (χ4v) is 4.65. The minimum Gasteiger partial charge on any atom is -0.402 e. The molecular formula is C23H22N2. The van der Waals surface area contributed by atoms with Crippen LogP contribution in [0.4, 0.5) is 5.69 Å². The van der Waals surface area contributed by atoms with E-state index in [9.17, 15) is 0 Å². The number of benzene rings is 3. The molecule has 0 amide bonds. The monoisotopic (exact) mass is 326 g/mol. The van der Waals surface area contributed by atoms with Gasteiger partial charge in [-0.25, -0.2) is 0 Å². The Morgan fingerprint density at radius 1 is 0.880 bits per heavy atom. The van der Waals surface area contributed by atoms with Gasteiger partial charge in [-0.1, -0.05) is 38.1 Å². The third-order valence-electron chi connectivity index (χ3n) is 6.03. The van der Waals surface area contributed by atoms with Crippen molar-refractivity contribution in [2.75, 3.05) is 5.73 Å². The molecule has 0 aromatic heterocycles. The van der Waals surface area contributed by atoms with Crippen LogP contribution in [0, 0.1) is 0 Å². The van der Waals surface area contributed by atoms with Crippen LogP contribution in [0.5, 0.6) is 0 Å². The largest absolute Gasteiger partial charge is 0.402 e. The van der Waals surface area contributed by atoms with E-state index < -0.39 is 0 Å². The topological polar surface area (TPSA) is 52.0 Å². The Bertz CT molecular complexity index is 1130. The van der Waals surface area contributed by atoms with Crippen LogP contribution in [-0.2, 0) is 5.41 Å². The number of rotatable bonds is 0. The average Bonchev–Trinajstić information content (AvgIpc) is 2.81. The molecule has 0 radical (unpaired) electrons. The summed E-state index contributed by atoms with van der Waals surface area (Å²) in [4.78, 5) is 0. The highest BCUT2D eigenvalue weighted by molar-refractivity contribution is 6.11. The molecule has 4 N–H and O–H groups in total. The molecule has 0 aliphatic heterocycles. The maximum Gasteiger partial charge on any atom is 0.0473 e. The Morgan fingerprint density at radius 3 is 2.52 bits per heavy atom. The highest BCUT2D eigenvalue weighted by atomic mass is 14.6. The molecule has 124 valence electrons. The molecule has 0 spiro atoms. The van der Waals surface area contributed by atoms with Gasteiger partial charge in [-0.3, -0.25) is 0 Å². The van der Waals surface area contributed by atoms with Crippen LogP contribution >= 0.6 is 0 Å². The van der Waals surface area contributed by atoms with E-state index in [1.165, 1.54) is 33.0 Å². The normalized spacial score (nSPS) is 18.4. The van der Waals surface area contributed by atoms with Gasteiger partial charge in [0.2, 0.25) is 0 Å². The second-order valence-electron chi connectivity index (χ2n) is 7.87. The summed E-state index contributed by atoms with van der Waals surface area (Å²) in [7, 11) is 0. The van der Waals surface area contributed by atoms with Gasteiger partial charge in [0, 0.05) is 27.6 Å². The lowest BCUT2D eigenvalue weighted by atomic mass is 9.79. The Labute approximate surface area is 147 Å². The summed E-state index contributed by atoms with van der Waals surface area (Å²) < 4.78 is 0. The van der Waals surface area contributed by atoms with E-state index in [2.05, 4.69) is 62.4 Å². The van der Waals surface area contributed by atoms with E-state index in [1.807, 2.05) is 0 Å². The maximum atomic E-state index is 6.56. The first-order valence-electron chi connectivity index (χ1n) is 8.92. The van der Waals surface area contributed by atoms with Crippen molar-refractivity contribution in [1.29, 1.82) is 0 Å². The molecule has 2 heteroatoms. The van der Waals surface area contributed by atoms with Crippen LogP contribution in [-0.4, -0.2) is 0 Å². The standard InChI is InChI=1S/C23H22N2/c1-23(2)20-11-15(24)7-8-17(20)19-10-14-9-13-5-3-4-6-16(13)22(25)18(14)12-21(19)23/h3-6,9-12H,7-8,24-25H2,1-2H3. The summed E-state index contributed by atoms with van der Waals surface area (Å²) in [5.41, 5.74) is 20.1. The van der Waals surface area contributed by atoms with Crippen LogP contribution in [0.15, 0.2) is 59.8 Å². The highest BCUT2D eigenvalue weighted by Gasteiger charge is 2.38. The fraction of sp³-hybridized carbons (Fsp3) is 0.217. The first-order chi connectivity index (χ1) is 12.0. The molecular weight excluding hydrogens is 304 g/mol. The summed E-state index contributed by atoms with van der Waals surface area (Å²) >= 11 is 0. The van der Waals surface area contributed by atoms with Crippen molar-refractivity contribution in [2.45, 2.75) is 32.1 Å². The Morgan fingerprint density at radius 2 is 1.68 bits per heavy atom. The number of hydrogen-bond acceptors (Lipinski definition) is 2. The van der Waals surface area contributed by atoms with Gasteiger partial charge >= 0.3 is 0 Å². The molecule has 0 saturated carbocycles. The first kappa shape index (κ1) is 14.6. The zero-order valence-corrected chi connectivity index (χ0v) is 14.7. The van der Waals surface area contributed by atoms with Gasteiger partial charge in [0.15, 0.2) is 0 Å². The molecule has 3 aromatic carbocycles. The molecule has 0 fully saturated rings. The average molecular weight is 326 g/mol. The van der Waals surface area contributed by atoms with Crippen molar-refractivity contribution in [2.24, 2.45) is 5.73 Å². The summed E-state index contributed by atoms with van der Waals surface area (Å²) in [5.74, 6) is 0. The van der Waals surface area contributed by atoms with Gasteiger partial charge in [0.1, 0.15) is 0 Å². The zero-order valence-electron chi connectivity index (χ0n) is 14.7. The Balaban J connectivity index is 1.87. The van der Waals surface area contributed by atoms with Crippen molar-refractivity contribution in [1.82, 2.24) is 0 Å². The van der Waals surface area contributed by atoms with Gasteiger partial charge in [0.05, 0.1) is 0 Å². The second-order valence-corrected chi connectivity index (χ2v) is 7.87. The van der Waals surface area contributed by atoms with E-state index >= 15 is 0 Å². The third-order valence-corrected chi connectivity index (χ3v) is 6.03. The highest BCUT2D eigenvalue weighted by Crippen LogP contribution is 2.52. The van der Waals surface area contributed by atoms with Gasteiger partial charge in [-0.15, -0.1) is 0 Å².